The van der Waals surface area contributed by atoms with Gasteiger partial charge in [0, 0.05) is 25.7 Å². The van der Waals surface area contributed by atoms with E-state index in [1.165, 1.54) is 27.4 Å². The zero-order chi connectivity index (χ0) is 16.5. The molecule has 1 heterocycles. The van der Waals surface area contributed by atoms with Crippen molar-refractivity contribution in [1.29, 1.82) is 5.26 Å². The van der Waals surface area contributed by atoms with Gasteiger partial charge in [-0.3, -0.25) is 0 Å². The van der Waals surface area contributed by atoms with Gasteiger partial charge >= 0.3 is 6.09 Å². The maximum absolute atomic E-state index is 12.7. The van der Waals surface area contributed by atoms with E-state index in [2.05, 4.69) is 0 Å². The monoisotopic (exact) mass is 323 g/mol. The lowest BCUT2D eigenvalue weighted by Crippen LogP contribution is -2.55. The summed E-state index contributed by atoms with van der Waals surface area (Å²) in [5.41, 5.74) is 0.910. The van der Waals surface area contributed by atoms with Crippen molar-refractivity contribution in [3.05, 3.63) is 29.3 Å². The van der Waals surface area contributed by atoms with E-state index in [-0.39, 0.29) is 24.5 Å². The van der Waals surface area contributed by atoms with Crippen LogP contribution in [0.1, 0.15) is 18.1 Å². The van der Waals surface area contributed by atoms with Gasteiger partial charge < -0.3 is 10.0 Å². The Hall–Kier alpha value is -2.11. The minimum atomic E-state index is -3.70. The minimum absolute atomic E-state index is 0.119. The second kappa shape index (κ2) is 5.94. The largest absolute Gasteiger partial charge is 0.465 e. The molecule has 1 N–H and O–H groups in total. The lowest BCUT2D eigenvalue weighted by molar-refractivity contribution is 0.0992. The summed E-state index contributed by atoms with van der Waals surface area (Å²) in [5, 5.41) is 17.9. The lowest BCUT2D eigenvalue weighted by Gasteiger charge is -2.37. The van der Waals surface area contributed by atoms with E-state index in [1.54, 1.807) is 13.8 Å². The second-order valence-electron chi connectivity index (χ2n) is 5.28. The van der Waals surface area contributed by atoms with Crippen LogP contribution in [0.25, 0.3) is 0 Å². The molecular weight excluding hydrogens is 306 g/mol. The number of carbonyl (C=O) groups is 1. The van der Waals surface area contributed by atoms with E-state index in [9.17, 15) is 13.2 Å². The number of rotatable bonds is 2. The highest BCUT2D eigenvalue weighted by molar-refractivity contribution is 7.89. The molecule has 1 aliphatic heterocycles. The van der Waals surface area contributed by atoms with E-state index < -0.39 is 22.2 Å². The van der Waals surface area contributed by atoms with E-state index >= 15 is 0 Å². The van der Waals surface area contributed by atoms with Crippen LogP contribution in [-0.2, 0) is 10.0 Å². The Morgan fingerprint density at radius 1 is 1.41 bits per heavy atom. The van der Waals surface area contributed by atoms with Gasteiger partial charge in [-0.1, -0.05) is 0 Å². The normalized spacial score (nSPS) is 19.7. The highest BCUT2D eigenvalue weighted by atomic mass is 32.2. The second-order valence-corrected chi connectivity index (χ2v) is 7.19. The fraction of sp³-hybridized carbons (Fsp3) is 0.429. The predicted molar refractivity (Wildman–Crippen MR) is 78.8 cm³/mol. The van der Waals surface area contributed by atoms with Gasteiger partial charge in [0.15, 0.2) is 0 Å². The molecular formula is C14H17N3O4S. The van der Waals surface area contributed by atoms with Gasteiger partial charge in [-0.15, -0.1) is 0 Å². The SMILES string of the molecule is Cc1cc(C#N)ccc1S(=O)(=O)N1CCN(C(=O)O)[C@H](C)C1. The minimum Gasteiger partial charge on any atom is -0.465 e. The smallest absolute Gasteiger partial charge is 0.407 e. The average Bonchev–Trinajstić information content (AvgIpc) is 2.46. The number of sulfonamides is 1. The summed E-state index contributed by atoms with van der Waals surface area (Å²) < 4.78 is 26.7. The van der Waals surface area contributed by atoms with Crippen molar-refractivity contribution in [2.45, 2.75) is 24.8 Å². The maximum atomic E-state index is 12.7. The third-order valence-corrected chi connectivity index (χ3v) is 5.78. The summed E-state index contributed by atoms with van der Waals surface area (Å²) in [6, 6.07) is 6.00. The molecule has 0 saturated carbocycles. The van der Waals surface area contributed by atoms with E-state index in [0.717, 1.165) is 0 Å². The van der Waals surface area contributed by atoms with E-state index in [0.29, 0.717) is 11.1 Å². The Morgan fingerprint density at radius 2 is 2.09 bits per heavy atom. The van der Waals surface area contributed by atoms with Crippen LogP contribution in [0.3, 0.4) is 0 Å². The average molecular weight is 323 g/mol. The molecule has 0 aromatic heterocycles. The fourth-order valence-electron chi connectivity index (χ4n) is 2.57. The zero-order valence-corrected chi connectivity index (χ0v) is 13.2. The van der Waals surface area contributed by atoms with Crippen molar-refractivity contribution in [2.75, 3.05) is 19.6 Å². The summed E-state index contributed by atoms with van der Waals surface area (Å²) in [7, 11) is -3.70. The van der Waals surface area contributed by atoms with E-state index in [1.807, 2.05) is 6.07 Å². The first-order valence-electron chi connectivity index (χ1n) is 6.78. The van der Waals surface area contributed by atoms with Gasteiger partial charge in [0.25, 0.3) is 0 Å². The van der Waals surface area contributed by atoms with Gasteiger partial charge in [0.1, 0.15) is 0 Å². The van der Waals surface area contributed by atoms with Crippen molar-refractivity contribution in [3.8, 4) is 6.07 Å². The highest BCUT2D eigenvalue weighted by Crippen LogP contribution is 2.23. The van der Waals surface area contributed by atoms with E-state index in [4.69, 9.17) is 10.4 Å². The maximum Gasteiger partial charge on any atom is 0.407 e. The number of hydrogen-bond acceptors (Lipinski definition) is 4. The lowest BCUT2D eigenvalue weighted by atomic mass is 10.2. The first-order valence-corrected chi connectivity index (χ1v) is 8.22. The van der Waals surface area contributed by atoms with Gasteiger partial charge in [-0.2, -0.15) is 9.57 Å². The van der Waals surface area contributed by atoms with Crippen LogP contribution in [-0.4, -0.2) is 54.5 Å². The Morgan fingerprint density at radius 3 is 2.59 bits per heavy atom. The number of hydrogen-bond donors (Lipinski definition) is 1. The van der Waals surface area contributed by atoms with Gasteiger partial charge in [-0.05, 0) is 37.6 Å². The Labute approximate surface area is 129 Å². The van der Waals surface area contributed by atoms with Crippen molar-refractivity contribution in [1.82, 2.24) is 9.21 Å². The van der Waals surface area contributed by atoms with Crippen LogP contribution < -0.4 is 0 Å². The molecule has 0 spiro atoms. The molecule has 2 rings (SSSR count). The summed E-state index contributed by atoms with van der Waals surface area (Å²) in [4.78, 5) is 12.4. The summed E-state index contributed by atoms with van der Waals surface area (Å²) in [5.74, 6) is 0. The Balaban J connectivity index is 2.29. The molecule has 0 radical (unpaired) electrons. The number of aryl methyl sites for hydroxylation is 1. The summed E-state index contributed by atoms with van der Waals surface area (Å²) >= 11 is 0. The molecule has 1 amide bonds. The summed E-state index contributed by atoms with van der Waals surface area (Å²) in [6.45, 7) is 3.71. The molecule has 1 aromatic carbocycles. The number of carboxylic acid groups (broad SMARTS) is 1. The number of nitriles is 1. The van der Waals surface area contributed by atoms with Gasteiger partial charge in [0.05, 0.1) is 16.5 Å². The summed E-state index contributed by atoms with van der Waals surface area (Å²) in [6.07, 6.45) is -1.04. The molecule has 8 heteroatoms. The zero-order valence-electron chi connectivity index (χ0n) is 12.4. The number of nitrogens with zero attached hydrogens (tertiary/aromatic N) is 3. The van der Waals surface area contributed by atoms with Gasteiger partial charge in [-0.25, -0.2) is 13.2 Å². The van der Waals surface area contributed by atoms with Crippen LogP contribution >= 0.6 is 0 Å². The molecule has 1 aromatic rings. The Bertz CT molecular complexity index is 739. The molecule has 0 bridgehead atoms. The molecule has 118 valence electrons. The molecule has 0 aliphatic carbocycles. The fourth-order valence-corrected chi connectivity index (χ4v) is 4.29. The third kappa shape index (κ3) is 2.91. The molecule has 1 fully saturated rings. The van der Waals surface area contributed by atoms with Crippen LogP contribution in [0.5, 0.6) is 0 Å². The third-order valence-electron chi connectivity index (χ3n) is 3.76. The number of amides is 1. The van der Waals surface area contributed by atoms with Crippen molar-refractivity contribution < 1.29 is 18.3 Å². The topological polar surface area (TPSA) is 102 Å². The van der Waals surface area contributed by atoms with Crippen LogP contribution in [0, 0.1) is 18.3 Å². The van der Waals surface area contributed by atoms with Crippen molar-refractivity contribution >= 4 is 16.1 Å². The molecule has 1 atom stereocenters. The molecule has 0 unspecified atom stereocenters. The van der Waals surface area contributed by atoms with Gasteiger partial charge in [0.2, 0.25) is 10.0 Å². The molecule has 1 aliphatic rings. The standard InChI is InChI=1S/C14H17N3O4S/c1-10-7-12(8-15)3-4-13(10)22(20,21)16-5-6-17(14(18)19)11(2)9-16/h3-4,7,11H,5-6,9H2,1-2H3,(H,18,19)/t11-/m1/s1. The van der Waals surface area contributed by atoms with Crippen LogP contribution in [0.4, 0.5) is 4.79 Å². The molecule has 22 heavy (non-hydrogen) atoms. The van der Waals surface area contributed by atoms with Crippen LogP contribution in [0.2, 0.25) is 0 Å². The number of benzene rings is 1. The van der Waals surface area contributed by atoms with Crippen LogP contribution in [0.15, 0.2) is 23.1 Å². The van der Waals surface area contributed by atoms with Crippen molar-refractivity contribution in [3.63, 3.8) is 0 Å². The van der Waals surface area contributed by atoms with Crippen molar-refractivity contribution in [2.24, 2.45) is 0 Å². The Kier molecular flexibility index (Phi) is 4.39. The first kappa shape index (κ1) is 16.3. The first-order chi connectivity index (χ1) is 10.3. The molecule has 1 saturated heterocycles. The predicted octanol–water partition coefficient (Wildman–Crippen LogP) is 1.24. The number of piperazine rings is 1. The molecule has 7 nitrogen and oxygen atoms in total. The quantitative estimate of drug-likeness (QED) is 0.882. The highest BCUT2D eigenvalue weighted by Gasteiger charge is 2.34.